The first-order chi connectivity index (χ1) is 16.4. The third-order valence-corrected chi connectivity index (χ3v) is 7.30. The first kappa shape index (κ1) is 23.3. The van der Waals surface area contributed by atoms with E-state index in [9.17, 15) is 13.2 Å². The third-order valence-electron chi connectivity index (χ3n) is 5.03. The number of nitrogens with zero attached hydrogens (tertiary/aromatic N) is 3. The number of para-hydroxylation sites is 1. The monoisotopic (exact) mass is 492 g/mol. The number of rotatable bonds is 8. The van der Waals surface area contributed by atoms with E-state index in [4.69, 9.17) is 11.6 Å². The highest BCUT2D eigenvalue weighted by atomic mass is 35.5. The number of amides is 1. The number of anilines is 2. The zero-order chi connectivity index (χ0) is 24.1. The predicted octanol–water partition coefficient (Wildman–Crippen LogP) is 5.16. The molecule has 7 nitrogen and oxygen atoms in total. The minimum absolute atomic E-state index is 0.0197. The molecular weight excluding hydrogens is 472 g/mol. The number of hydrogen-bond donors (Lipinski definition) is 1. The van der Waals surface area contributed by atoms with Crippen molar-refractivity contribution in [1.29, 1.82) is 0 Å². The van der Waals surface area contributed by atoms with Crippen molar-refractivity contribution in [2.24, 2.45) is 0 Å². The summed E-state index contributed by atoms with van der Waals surface area (Å²) in [5.74, 6) is -0.460. The number of aromatic nitrogens is 2. The lowest BCUT2D eigenvalue weighted by molar-refractivity contribution is 0.102. The maximum atomic E-state index is 13.5. The Morgan fingerprint density at radius 2 is 1.82 bits per heavy atom. The van der Waals surface area contributed by atoms with Crippen molar-refractivity contribution in [1.82, 2.24) is 9.55 Å². The van der Waals surface area contributed by atoms with Gasteiger partial charge in [-0.05, 0) is 54.6 Å². The maximum absolute atomic E-state index is 13.5. The van der Waals surface area contributed by atoms with Gasteiger partial charge in [-0.25, -0.2) is 13.4 Å². The van der Waals surface area contributed by atoms with Crippen LogP contribution in [-0.2, 0) is 10.0 Å². The summed E-state index contributed by atoms with van der Waals surface area (Å²) in [6.07, 6.45) is 6.65. The van der Waals surface area contributed by atoms with E-state index in [1.165, 1.54) is 28.6 Å². The molecule has 9 heteroatoms. The van der Waals surface area contributed by atoms with E-state index in [-0.39, 0.29) is 22.0 Å². The summed E-state index contributed by atoms with van der Waals surface area (Å²) in [6, 6.07) is 20.0. The highest BCUT2D eigenvalue weighted by Gasteiger charge is 2.27. The number of imidazole rings is 1. The van der Waals surface area contributed by atoms with Gasteiger partial charge in [-0.2, -0.15) is 0 Å². The zero-order valence-corrected chi connectivity index (χ0v) is 19.6. The maximum Gasteiger partial charge on any atom is 0.266 e. The minimum atomic E-state index is -4.07. The van der Waals surface area contributed by atoms with Crippen LogP contribution in [-0.4, -0.2) is 30.4 Å². The molecule has 172 valence electrons. The standard InChI is InChI=1S/C25H21ClN4O3S/c1-2-15-30(22-6-4-3-5-7-22)34(32,33)24-17-19(8-13-23(24)26)25(31)28-20-9-11-21(12-10-20)29-16-14-27-18-29/h2-14,16-18H,1,15H2,(H,28,31). The Morgan fingerprint density at radius 1 is 1.09 bits per heavy atom. The van der Waals surface area contributed by atoms with Gasteiger partial charge < -0.3 is 9.88 Å². The highest BCUT2D eigenvalue weighted by molar-refractivity contribution is 7.93. The number of carbonyl (C=O) groups is 1. The molecule has 0 aliphatic carbocycles. The van der Waals surface area contributed by atoms with E-state index >= 15 is 0 Å². The van der Waals surface area contributed by atoms with Crippen molar-refractivity contribution in [3.05, 3.63) is 115 Å². The molecule has 0 saturated carbocycles. The van der Waals surface area contributed by atoms with Crippen molar-refractivity contribution in [2.45, 2.75) is 4.90 Å². The fourth-order valence-electron chi connectivity index (χ4n) is 3.35. The van der Waals surface area contributed by atoms with Gasteiger partial charge in [-0.3, -0.25) is 9.10 Å². The number of hydrogen-bond acceptors (Lipinski definition) is 4. The van der Waals surface area contributed by atoms with Crippen molar-refractivity contribution in [2.75, 3.05) is 16.2 Å². The molecule has 0 atom stereocenters. The molecule has 0 aliphatic heterocycles. The fourth-order valence-corrected chi connectivity index (χ4v) is 5.29. The molecule has 0 aliphatic rings. The summed E-state index contributed by atoms with van der Waals surface area (Å²) in [6.45, 7) is 3.71. The largest absolute Gasteiger partial charge is 0.322 e. The summed E-state index contributed by atoms with van der Waals surface area (Å²) in [5.41, 5.74) is 2.07. The smallest absolute Gasteiger partial charge is 0.266 e. The van der Waals surface area contributed by atoms with Gasteiger partial charge in [-0.15, -0.1) is 6.58 Å². The molecule has 3 aromatic carbocycles. The first-order valence-corrected chi connectivity index (χ1v) is 12.1. The Labute approximate surface area is 203 Å². The van der Waals surface area contributed by atoms with Crippen molar-refractivity contribution < 1.29 is 13.2 Å². The molecule has 0 saturated heterocycles. The van der Waals surface area contributed by atoms with Crippen molar-refractivity contribution >= 4 is 38.9 Å². The van der Waals surface area contributed by atoms with Crippen LogP contribution < -0.4 is 9.62 Å². The van der Waals surface area contributed by atoms with Gasteiger partial charge in [0, 0.05) is 29.3 Å². The molecule has 34 heavy (non-hydrogen) atoms. The van der Waals surface area contributed by atoms with Crippen LogP contribution in [0.2, 0.25) is 5.02 Å². The van der Waals surface area contributed by atoms with Crippen LogP contribution in [0.4, 0.5) is 11.4 Å². The van der Waals surface area contributed by atoms with Crippen LogP contribution in [0.3, 0.4) is 0 Å². The van der Waals surface area contributed by atoms with Crippen molar-refractivity contribution in [3.8, 4) is 5.69 Å². The zero-order valence-electron chi connectivity index (χ0n) is 18.0. The predicted molar refractivity (Wildman–Crippen MR) is 134 cm³/mol. The topological polar surface area (TPSA) is 84.3 Å². The number of carbonyl (C=O) groups excluding carboxylic acids is 1. The summed E-state index contributed by atoms with van der Waals surface area (Å²) < 4.78 is 30.0. The van der Waals surface area contributed by atoms with Crippen LogP contribution in [0, 0.1) is 0 Å². The number of nitrogens with one attached hydrogen (secondary N) is 1. The van der Waals surface area contributed by atoms with E-state index in [1.807, 2.05) is 22.9 Å². The summed E-state index contributed by atoms with van der Waals surface area (Å²) >= 11 is 6.27. The van der Waals surface area contributed by atoms with Crippen LogP contribution >= 0.6 is 11.6 Å². The normalized spacial score (nSPS) is 11.1. The Morgan fingerprint density at radius 3 is 2.47 bits per heavy atom. The summed E-state index contributed by atoms with van der Waals surface area (Å²) in [7, 11) is -4.07. The summed E-state index contributed by atoms with van der Waals surface area (Å²) in [4.78, 5) is 16.7. The second-order valence-electron chi connectivity index (χ2n) is 7.28. The molecule has 0 fully saturated rings. The average molecular weight is 493 g/mol. The number of sulfonamides is 1. The van der Waals surface area contributed by atoms with Gasteiger partial charge in [0.05, 0.1) is 23.6 Å². The van der Waals surface area contributed by atoms with Crippen LogP contribution in [0.25, 0.3) is 5.69 Å². The van der Waals surface area contributed by atoms with Crippen LogP contribution in [0.1, 0.15) is 10.4 Å². The van der Waals surface area contributed by atoms with Crippen molar-refractivity contribution in [3.63, 3.8) is 0 Å². The molecule has 1 heterocycles. The lowest BCUT2D eigenvalue weighted by Gasteiger charge is -2.24. The molecule has 1 amide bonds. The minimum Gasteiger partial charge on any atom is -0.322 e. The van der Waals surface area contributed by atoms with Gasteiger partial charge in [0.1, 0.15) is 4.90 Å². The number of benzene rings is 3. The first-order valence-electron chi connectivity index (χ1n) is 10.3. The van der Waals surface area contributed by atoms with E-state index in [0.717, 1.165) is 5.69 Å². The molecule has 4 rings (SSSR count). The molecule has 1 aromatic heterocycles. The number of halogens is 1. The SMILES string of the molecule is C=CCN(c1ccccc1)S(=O)(=O)c1cc(C(=O)Nc2ccc(-n3ccnc3)cc2)ccc1Cl. The molecule has 1 N–H and O–H groups in total. The van der Waals surface area contributed by atoms with Gasteiger partial charge in [0.2, 0.25) is 0 Å². The lowest BCUT2D eigenvalue weighted by Crippen LogP contribution is -2.31. The van der Waals surface area contributed by atoms with Gasteiger partial charge in [0.25, 0.3) is 15.9 Å². The molecule has 0 spiro atoms. The Kier molecular flexibility index (Phi) is 6.81. The highest BCUT2D eigenvalue weighted by Crippen LogP contribution is 2.29. The molecule has 0 radical (unpaired) electrons. The molecule has 0 bridgehead atoms. The Hall–Kier alpha value is -3.88. The molecule has 0 unspecified atom stereocenters. The molecule has 4 aromatic rings. The van der Waals surface area contributed by atoms with E-state index < -0.39 is 15.9 Å². The van der Waals surface area contributed by atoms with Gasteiger partial charge in [-0.1, -0.05) is 35.9 Å². The van der Waals surface area contributed by atoms with E-state index in [2.05, 4.69) is 16.9 Å². The quantitative estimate of drug-likeness (QED) is 0.344. The van der Waals surface area contributed by atoms with Crippen LogP contribution in [0.15, 0.2) is 109 Å². The van der Waals surface area contributed by atoms with E-state index in [1.54, 1.807) is 55.0 Å². The lowest BCUT2D eigenvalue weighted by atomic mass is 10.2. The van der Waals surface area contributed by atoms with E-state index in [0.29, 0.717) is 11.4 Å². The fraction of sp³-hybridized carbons (Fsp3) is 0.0400. The second-order valence-corrected chi connectivity index (χ2v) is 9.51. The van der Waals surface area contributed by atoms with Gasteiger partial charge in [0.15, 0.2) is 0 Å². The Bertz CT molecular complexity index is 1400. The average Bonchev–Trinajstić information content (AvgIpc) is 3.38. The second kappa shape index (κ2) is 9.94. The Balaban J connectivity index is 1.61. The van der Waals surface area contributed by atoms with Gasteiger partial charge >= 0.3 is 0 Å². The third kappa shape index (κ3) is 4.88. The van der Waals surface area contributed by atoms with Crippen LogP contribution in [0.5, 0.6) is 0 Å². The molecular formula is C25H21ClN4O3S. The summed E-state index contributed by atoms with van der Waals surface area (Å²) in [5, 5.41) is 2.80.